The van der Waals surface area contributed by atoms with Crippen molar-refractivity contribution in [2.45, 2.75) is 56.5 Å². The molecular weight excluding hydrogens is 432 g/mol. The maximum absolute atomic E-state index is 11.0. The van der Waals surface area contributed by atoms with Gasteiger partial charge in [-0.1, -0.05) is 12.1 Å². The van der Waals surface area contributed by atoms with E-state index in [1.807, 2.05) is 24.3 Å². The van der Waals surface area contributed by atoms with Crippen LogP contribution in [0.2, 0.25) is 0 Å². The topological polar surface area (TPSA) is 139 Å². The summed E-state index contributed by atoms with van der Waals surface area (Å²) in [6.45, 7) is 1.31. The lowest BCUT2D eigenvalue weighted by Gasteiger charge is -2.60. The summed E-state index contributed by atoms with van der Waals surface area (Å²) in [4.78, 5) is 10.9. The Morgan fingerprint density at radius 1 is 1.19 bits per heavy atom. The SMILES string of the molecule is N[C@@H](Cc1ccc(OCC2C3CC4CC2CC(NCCCS(=O)(=O)O)(C4)C3)cc1)C(=O)O. The highest BCUT2D eigenvalue weighted by Gasteiger charge is 2.55. The zero-order chi connectivity index (χ0) is 22.9. The Morgan fingerprint density at radius 2 is 1.84 bits per heavy atom. The summed E-state index contributed by atoms with van der Waals surface area (Å²) in [7, 11) is -3.90. The van der Waals surface area contributed by atoms with Gasteiger partial charge in [0.2, 0.25) is 0 Å². The third-order valence-electron chi connectivity index (χ3n) is 7.69. The van der Waals surface area contributed by atoms with Gasteiger partial charge >= 0.3 is 5.97 Å². The van der Waals surface area contributed by atoms with Crippen LogP contribution in [0, 0.1) is 23.7 Å². The average Bonchev–Trinajstić information content (AvgIpc) is 2.71. The van der Waals surface area contributed by atoms with E-state index in [4.69, 9.17) is 20.1 Å². The molecular formula is C23H34N2O6S. The monoisotopic (exact) mass is 466 g/mol. The first-order chi connectivity index (χ1) is 15.1. The normalized spacial score (nSPS) is 32.1. The fourth-order valence-electron chi connectivity index (χ4n) is 6.48. The lowest BCUT2D eigenvalue weighted by Crippen LogP contribution is -2.62. The zero-order valence-corrected chi connectivity index (χ0v) is 19.1. The van der Waals surface area contributed by atoms with Gasteiger partial charge in [0, 0.05) is 5.54 Å². The van der Waals surface area contributed by atoms with Gasteiger partial charge in [0.25, 0.3) is 10.1 Å². The van der Waals surface area contributed by atoms with Crippen LogP contribution in [0.4, 0.5) is 0 Å². The number of rotatable bonds is 11. The molecule has 0 aromatic heterocycles. The average molecular weight is 467 g/mol. The van der Waals surface area contributed by atoms with Crippen molar-refractivity contribution in [3.63, 3.8) is 0 Å². The molecule has 4 bridgehead atoms. The molecule has 3 atom stereocenters. The fraction of sp³-hybridized carbons (Fsp3) is 0.696. The first-order valence-electron chi connectivity index (χ1n) is 11.5. The molecule has 4 aliphatic rings. The van der Waals surface area contributed by atoms with Crippen molar-refractivity contribution < 1.29 is 27.6 Å². The van der Waals surface area contributed by atoms with Crippen molar-refractivity contribution in [2.24, 2.45) is 29.4 Å². The summed E-state index contributed by atoms with van der Waals surface area (Å²) in [6.07, 6.45) is 6.58. The highest BCUT2D eigenvalue weighted by molar-refractivity contribution is 7.85. The van der Waals surface area contributed by atoms with Crippen molar-refractivity contribution in [3.8, 4) is 5.75 Å². The van der Waals surface area contributed by atoms with Crippen LogP contribution in [-0.2, 0) is 21.3 Å². The number of carboxylic acid groups (broad SMARTS) is 1. The van der Waals surface area contributed by atoms with Crippen LogP contribution in [0.3, 0.4) is 0 Å². The molecule has 178 valence electrons. The lowest BCUT2D eigenvalue weighted by molar-refractivity contribution is -0.138. The summed E-state index contributed by atoms with van der Waals surface area (Å²) < 4.78 is 37.0. The van der Waals surface area contributed by atoms with E-state index in [1.54, 1.807) is 0 Å². The molecule has 9 heteroatoms. The second kappa shape index (κ2) is 9.29. The van der Waals surface area contributed by atoms with Gasteiger partial charge < -0.3 is 20.9 Å². The van der Waals surface area contributed by atoms with Gasteiger partial charge in [0.05, 0.1) is 12.4 Å². The molecule has 0 saturated heterocycles. The number of ether oxygens (including phenoxy) is 1. The molecule has 1 aromatic carbocycles. The Balaban J connectivity index is 1.29. The zero-order valence-electron chi connectivity index (χ0n) is 18.3. The Hall–Kier alpha value is -1.68. The van der Waals surface area contributed by atoms with Crippen LogP contribution < -0.4 is 15.8 Å². The molecule has 0 heterocycles. The Bertz CT molecular complexity index is 903. The van der Waals surface area contributed by atoms with Crippen molar-refractivity contribution in [2.75, 3.05) is 18.9 Å². The molecule has 0 aliphatic heterocycles. The Kier molecular flexibility index (Phi) is 6.81. The van der Waals surface area contributed by atoms with Gasteiger partial charge in [-0.2, -0.15) is 8.42 Å². The number of nitrogens with two attached hydrogens (primary N) is 1. The number of carboxylic acids is 1. The van der Waals surface area contributed by atoms with E-state index in [0.29, 0.717) is 43.7 Å². The van der Waals surface area contributed by atoms with Crippen LogP contribution in [0.15, 0.2) is 24.3 Å². The van der Waals surface area contributed by atoms with E-state index in [2.05, 4.69) is 5.32 Å². The molecule has 0 amide bonds. The largest absolute Gasteiger partial charge is 0.493 e. The maximum Gasteiger partial charge on any atom is 0.320 e. The minimum Gasteiger partial charge on any atom is -0.493 e. The van der Waals surface area contributed by atoms with Gasteiger partial charge in [-0.05, 0) is 92.9 Å². The molecule has 0 spiro atoms. The molecule has 5 rings (SSSR count). The highest BCUT2D eigenvalue weighted by Crippen LogP contribution is 2.58. The molecule has 0 radical (unpaired) electrons. The second-order valence-corrected chi connectivity index (χ2v) is 11.7. The van der Waals surface area contributed by atoms with Crippen molar-refractivity contribution in [1.29, 1.82) is 0 Å². The number of carbonyl (C=O) groups is 1. The predicted octanol–water partition coefficient (Wildman–Crippen LogP) is 2.08. The predicted molar refractivity (Wildman–Crippen MR) is 120 cm³/mol. The van der Waals surface area contributed by atoms with Crippen molar-refractivity contribution in [3.05, 3.63) is 29.8 Å². The number of hydrogen-bond donors (Lipinski definition) is 4. The maximum atomic E-state index is 11.0. The summed E-state index contributed by atoms with van der Waals surface area (Å²) in [6, 6.07) is 6.63. The van der Waals surface area contributed by atoms with Crippen molar-refractivity contribution in [1.82, 2.24) is 5.32 Å². The van der Waals surface area contributed by atoms with Gasteiger partial charge in [-0.25, -0.2) is 0 Å². The molecule has 4 fully saturated rings. The molecule has 5 N–H and O–H groups in total. The van der Waals surface area contributed by atoms with Gasteiger partial charge in [-0.15, -0.1) is 0 Å². The van der Waals surface area contributed by atoms with E-state index < -0.39 is 22.1 Å². The van der Waals surface area contributed by atoms with E-state index in [9.17, 15) is 13.2 Å². The summed E-state index contributed by atoms with van der Waals surface area (Å²) >= 11 is 0. The van der Waals surface area contributed by atoms with E-state index >= 15 is 0 Å². The van der Waals surface area contributed by atoms with E-state index in [-0.39, 0.29) is 11.3 Å². The molecule has 2 unspecified atom stereocenters. The second-order valence-electron chi connectivity index (χ2n) is 10.1. The van der Waals surface area contributed by atoms with Crippen LogP contribution in [0.1, 0.15) is 44.1 Å². The summed E-state index contributed by atoms with van der Waals surface area (Å²) in [5, 5.41) is 12.6. The third-order valence-corrected chi connectivity index (χ3v) is 8.49. The van der Waals surface area contributed by atoms with Gasteiger partial charge in [0.1, 0.15) is 11.8 Å². The number of nitrogens with one attached hydrogen (secondary N) is 1. The molecule has 4 aliphatic carbocycles. The minimum atomic E-state index is -3.90. The Morgan fingerprint density at radius 3 is 2.44 bits per heavy atom. The van der Waals surface area contributed by atoms with Crippen molar-refractivity contribution >= 4 is 16.1 Å². The van der Waals surface area contributed by atoms with Crippen LogP contribution >= 0.6 is 0 Å². The molecule has 1 aromatic rings. The standard InChI is InChI=1S/C23H34N2O6S/c24-21(22(26)27)10-15-2-4-19(5-3-15)31-14-20-17-8-16-9-18(20)13-23(11-16,12-17)25-6-1-7-32(28,29)30/h2-5,16-18,20-21,25H,1,6-14,24H2,(H,26,27)(H,28,29,30)/t16?,17?,18?,20?,21-,23?/m0/s1. The van der Waals surface area contributed by atoms with E-state index in [0.717, 1.165) is 30.1 Å². The molecule has 32 heavy (non-hydrogen) atoms. The number of benzene rings is 1. The van der Waals surface area contributed by atoms with Crippen LogP contribution in [-0.4, -0.2) is 54.5 Å². The smallest absolute Gasteiger partial charge is 0.320 e. The van der Waals surface area contributed by atoms with Crippen LogP contribution in [0.25, 0.3) is 0 Å². The van der Waals surface area contributed by atoms with Crippen LogP contribution in [0.5, 0.6) is 5.75 Å². The Labute approximate surface area is 189 Å². The summed E-state index contributed by atoms with van der Waals surface area (Å²) in [5.74, 6) is 2.09. The van der Waals surface area contributed by atoms with Gasteiger partial charge in [-0.3, -0.25) is 9.35 Å². The van der Waals surface area contributed by atoms with Gasteiger partial charge in [0.15, 0.2) is 0 Å². The lowest BCUT2D eigenvalue weighted by atomic mass is 9.49. The fourth-order valence-corrected chi connectivity index (χ4v) is 6.99. The third kappa shape index (κ3) is 5.62. The summed E-state index contributed by atoms with van der Waals surface area (Å²) in [5.41, 5.74) is 6.59. The highest BCUT2D eigenvalue weighted by atomic mass is 32.2. The minimum absolute atomic E-state index is 0.108. The molecule has 8 nitrogen and oxygen atoms in total. The molecule has 4 saturated carbocycles. The number of aliphatic carboxylic acids is 1. The quantitative estimate of drug-likeness (QED) is 0.287. The number of hydrogen-bond acceptors (Lipinski definition) is 6. The van der Waals surface area contributed by atoms with E-state index in [1.165, 1.54) is 19.3 Å². The first kappa shape index (κ1) is 23.5. The first-order valence-corrected chi connectivity index (χ1v) is 13.1.